The zero-order valence-electron chi connectivity index (χ0n) is 16.8. The Hall–Kier alpha value is -1.24. The number of amidine groups is 1. The van der Waals surface area contributed by atoms with E-state index in [-0.39, 0.29) is 17.9 Å². The number of carbonyl (C=O) groups is 2. The lowest BCUT2D eigenvalue weighted by Crippen LogP contribution is -2.41. The number of ether oxygens (including phenoxy) is 1. The number of nitrogens with zero attached hydrogens (tertiary/aromatic N) is 2. The number of hydrogen-bond donors (Lipinski definition) is 1. The van der Waals surface area contributed by atoms with E-state index >= 15 is 0 Å². The predicted octanol–water partition coefficient (Wildman–Crippen LogP) is 3.41. The summed E-state index contributed by atoms with van der Waals surface area (Å²) in [6.45, 7) is 8.80. The van der Waals surface area contributed by atoms with Crippen molar-refractivity contribution < 1.29 is 14.3 Å². The SMILES string of the molecule is CC(C)(C)OC(=O)N1CCC(C2(C)SC(N[C@H]3C[C@@H]4CC[C@H]3C4)=NC2=O)C1. The van der Waals surface area contributed by atoms with Crippen LogP contribution in [0.15, 0.2) is 4.99 Å². The van der Waals surface area contributed by atoms with Crippen LogP contribution in [-0.4, -0.2) is 51.5 Å². The summed E-state index contributed by atoms with van der Waals surface area (Å²) in [7, 11) is 0. The van der Waals surface area contributed by atoms with Gasteiger partial charge in [-0.1, -0.05) is 18.2 Å². The van der Waals surface area contributed by atoms with Crippen LogP contribution < -0.4 is 5.32 Å². The normalized spacial score (nSPS) is 38.4. The summed E-state index contributed by atoms with van der Waals surface area (Å²) in [4.78, 5) is 31.2. The second kappa shape index (κ2) is 6.68. The first-order valence-corrected chi connectivity index (χ1v) is 11.0. The van der Waals surface area contributed by atoms with Crippen LogP contribution in [0.1, 0.15) is 59.8 Å². The monoisotopic (exact) mass is 393 g/mol. The minimum absolute atomic E-state index is 0.0609. The molecule has 2 saturated carbocycles. The van der Waals surface area contributed by atoms with Crippen LogP contribution in [0.5, 0.6) is 0 Å². The van der Waals surface area contributed by atoms with Gasteiger partial charge in [0.15, 0.2) is 5.17 Å². The van der Waals surface area contributed by atoms with Crippen LogP contribution in [0.3, 0.4) is 0 Å². The van der Waals surface area contributed by atoms with E-state index in [0.717, 1.165) is 23.4 Å². The molecule has 150 valence electrons. The van der Waals surface area contributed by atoms with Crippen molar-refractivity contribution in [3.63, 3.8) is 0 Å². The highest BCUT2D eigenvalue weighted by molar-refractivity contribution is 8.16. The fraction of sp³-hybridized carbons (Fsp3) is 0.850. The van der Waals surface area contributed by atoms with Crippen molar-refractivity contribution in [3.8, 4) is 0 Å². The Morgan fingerprint density at radius 2 is 2.07 bits per heavy atom. The maximum absolute atomic E-state index is 12.7. The van der Waals surface area contributed by atoms with E-state index in [2.05, 4.69) is 10.3 Å². The largest absolute Gasteiger partial charge is 0.444 e. The maximum atomic E-state index is 12.7. The van der Waals surface area contributed by atoms with Gasteiger partial charge in [0.25, 0.3) is 5.91 Å². The van der Waals surface area contributed by atoms with Gasteiger partial charge in [-0.3, -0.25) is 4.79 Å². The first-order valence-electron chi connectivity index (χ1n) is 10.2. The molecule has 1 saturated heterocycles. The van der Waals surface area contributed by atoms with Gasteiger partial charge in [-0.25, -0.2) is 4.79 Å². The molecule has 2 bridgehead atoms. The molecule has 0 radical (unpaired) electrons. The minimum atomic E-state index is -0.587. The Morgan fingerprint density at radius 1 is 1.30 bits per heavy atom. The Kier molecular flexibility index (Phi) is 4.72. The lowest BCUT2D eigenvalue weighted by atomic mass is 9.91. The molecule has 2 amide bonds. The highest BCUT2D eigenvalue weighted by Gasteiger charge is 2.51. The van der Waals surface area contributed by atoms with E-state index in [9.17, 15) is 9.59 Å². The maximum Gasteiger partial charge on any atom is 0.410 e. The number of amides is 2. The quantitative estimate of drug-likeness (QED) is 0.778. The third-order valence-corrected chi connectivity index (χ3v) is 7.94. The molecule has 2 aliphatic heterocycles. The zero-order chi connectivity index (χ0) is 19.4. The highest BCUT2D eigenvalue weighted by atomic mass is 32.2. The van der Waals surface area contributed by atoms with Crippen LogP contribution in [-0.2, 0) is 9.53 Å². The zero-order valence-corrected chi connectivity index (χ0v) is 17.6. The number of hydrogen-bond acceptors (Lipinski definition) is 5. The average Bonchev–Trinajstić information content (AvgIpc) is 3.31. The molecule has 4 rings (SSSR count). The van der Waals surface area contributed by atoms with Gasteiger partial charge in [-0.15, -0.1) is 0 Å². The molecule has 3 fully saturated rings. The number of thioether (sulfide) groups is 1. The molecule has 2 unspecified atom stereocenters. The number of carbonyl (C=O) groups excluding carboxylic acids is 2. The van der Waals surface area contributed by atoms with Crippen molar-refractivity contribution in [1.29, 1.82) is 0 Å². The summed E-state index contributed by atoms with van der Waals surface area (Å²) in [6, 6.07) is 0.479. The van der Waals surface area contributed by atoms with E-state index in [1.807, 2.05) is 27.7 Å². The summed E-state index contributed by atoms with van der Waals surface area (Å²) in [6.07, 6.45) is 5.73. The Balaban J connectivity index is 1.35. The van der Waals surface area contributed by atoms with Crippen LogP contribution in [0.4, 0.5) is 4.79 Å². The molecule has 2 aliphatic carbocycles. The molecule has 4 aliphatic rings. The summed E-state index contributed by atoms with van der Waals surface area (Å²) in [5, 5.41) is 4.36. The van der Waals surface area contributed by atoms with Gasteiger partial charge in [0.1, 0.15) is 10.3 Å². The first-order chi connectivity index (χ1) is 12.6. The van der Waals surface area contributed by atoms with Crippen molar-refractivity contribution in [2.45, 2.75) is 76.2 Å². The van der Waals surface area contributed by atoms with Crippen molar-refractivity contribution in [3.05, 3.63) is 0 Å². The lowest BCUT2D eigenvalue weighted by molar-refractivity contribution is -0.120. The molecule has 6 nitrogen and oxygen atoms in total. The molecular formula is C20H31N3O3S. The Labute approximate surface area is 165 Å². The standard InChI is InChI=1S/C20H31N3O3S/c1-19(2,3)26-18(25)23-8-7-14(11-23)20(4)16(24)22-17(27-20)21-15-10-12-5-6-13(15)9-12/h12-15H,5-11H2,1-4H3,(H,21,22,24)/t12-,13+,14?,15+,20?/m1/s1. The summed E-state index contributed by atoms with van der Waals surface area (Å²) in [5.74, 6) is 1.65. The van der Waals surface area contributed by atoms with E-state index in [1.54, 1.807) is 16.7 Å². The van der Waals surface area contributed by atoms with E-state index in [4.69, 9.17) is 4.74 Å². The molecule has 7 heteroatoms. The third-order valence-electron chi connectivity index (χ3n) is 6.60. The third kappa shape index (κ3) is 3.71. The molecule has 1 N–H and O–H groups in total. The van der Waals surface area contributed by atoms with Gasteiger partial charge in [0.05, 0.1) is 0 Å². The van der Waals surface area contributed by atoms with Crippen molar-refractivity contribution in [2.24, 2.45) is 22.7 Å². The van der Waals surface area contributed by atoms with Crippen molar-refractivity contribution in [1.82, 2.24) is 10.2 Å². The van der Waals surface area contributed by atoms with E-state index < -0.39 is 10.3 Å². The number of aliphatic imine (C=N–C) groups is 1. The van der Waals surface area contributed by atoms with Gasteiger partial charge in [0, 0.05) is 25.0 Å². The average molecular weight is 394 g/mol. The molecule has 5 atom stereocenters. The number of nitrogens with one attached hydrogen (secondary N) is 1. The summed E-state index contributed by atoms with van der Waals surface area (Å²) >= 11 is 1.57. The molecule has 27 heavy (non-hydrogen) atoms. The number of rotatable bonds is 2. The lowest BCUT2D eigenvalue weighted by Gasteiger charge is -2.29. The number of fused-ring (bicyclic) bond motifs is 2. The molecular weight excluding hydrogens is 362 g/mol. The minimum Gasteiger partial charge on any atom is -0.444 e. The van der Waals surface area contributed by atoms with Crippen LogP contribution >= 0.6 is 11.8 Å². The van der Waals surface area contributed by atoms with Crippen LogP contribution in [0.2, 0.25) is 0 Å². The summed E-state index contributed by atoms with van der Waals surface area (Å²) in [5.41, 5.74) is -0.502. The second-order valence-corrected chi connectivity index (χ2v) is 11.2. The highest BCUT2D eigenvalue weighted by Crippen LogP contribution is 2.47. The molecule has 2 heterocycles. The van der Waals surface area contributed by atoms with E-state index in [1.165, 1.54) is 25.7 Å². The van der Waals surface area contributed by atoms with Gasteiger partial charge in [0.2, 0.25) is 0 Å². The van der Waals surface area contributed by atoms with Gasteiger partial charge in [-0.2, -0.15) is 4.99 Å². The molecule has 0 spiro atoms. The summed E-state index contributed by atoms with van der Waals surface area (Å²) < 4.78 is 4.90. The predicted molar refractivity (Wildman–Crippen MR) is 107 cm³/mol. The van der Waals surface area contributed by atoms with Crippen molar-refractivity contribution in [2.75, 3.05) is 13.1 Å². The topological polar surface area (TPSA) is 71.0 Å². The van der Waals surface area contributed by atoms with Crippen LogP contribution in [0.25, 0.3) is 0 Å². The fourth-order valence-corrected chi connectivity index (χ4v) is 6.31. The Morgan fingerprint density at radius 3 is 2.70 bits per heavy atom. The van der Waals surface area contributed by atoms with Crippen LogP contribution in [0, 0.1) is 17.8 Å². The second-order valence-electron chi connectivity index (χ2n) is 9.77. The number of likely N-dealkylation sites (tertiary alicyclic amines) is 1. The molecule has 0 aromatic carbocycles. The molecule has 0 aromatic rings. The Bertz CT molecular complexity index is 674. The first kappa shape index (κ1) is 19.1. The van der Waals surface area contributed by atoms with Gasteiger partial charge < -0.3 is 15.0 Å². The van der Waals surface area contributed by atoms with Gasteiger partial charge >= 0.3 is 6.09 Å². The van der Waals surface area contributed by atoms with E-state index in [0.29, 0.717) is 19.1 Å². The molecule has 0 aromatic heterocycles. The van der Waals surface area contributed by atoms with Gasteiger partial charge in [-0.05, 0) is 65.2 Å². The van der Waals surface area contributed by atoms with Crippen molar-refractivity contribution >= 4 is 28.9 Å². The fourth-order valence-electron chi connectivity index (χ4n) is 5.07. The smallest absolute Gasteiger partial charge is 0.410 e.